The third-order valence-corrected chi connectivity index (χ3v) is 8.57. The number of hydrogen-bond donors (Lipinski definition) is 6. The monoisotopic (exact) mass is 614 g/mol. The summed E-state index contributed by atoms with van der Waals surface area (Å²) in [6, 6.07) is -0.862. The highest BCUT2D eigenvalue weighted by Gasteiger charge is 2.26. The summed E-state index contributed by atoms with van der Waals surface area (Å²) in [5.74, 6) is -0.225. The van der Waals surface area contributed by atoms with Crippen molar-refractivity contribution in [2.24, 2.45) is 0 Å². The molecule has 0 spiro atoms. The van der Waals surface area contributed by atoms with E-state index in [-0.39, 0.29) is 5.91 Å². The fraction of sp³-hybridized carbons (Fsp3) is 0.917. The van der Waals surface area contributed by atoms with E-state index < -0.39 is 37.1 Å². The Labute approximate surface area is 265 Å². The van der Waals surface area contributed by atoms with Gasteiger partial charge in [-0.3, -0.25) is 4.79 Å². The average Bonchev–Trinajstić information content (AvgIpc) is 3.00. The van der Waals surface area contributed by atoms with Gasteiger partial charge >= 0.3 is 0 Å². The molecule has 0 unspecified atom stereocenters. The molecule has 0 aromatic carbocycles. The maximum Gasteiger partial charge on any atom is 0.220 e. The van der Waals surface area contributed by atoms with Crippen LogP contribution >= 0.6 is 0 Å². The topological polar surface area (TPSA) is 130 Å². The lowest BCUT2D eigenvalue weighted by molar-refractivity contribution is -0.124. The van der Waals surface area contributed by atoms with E-state index in [0.717, 1.165) is 51.4 Å². The molecular weight excluding hydrogens is 542 g/mol. The van der Waals surface area contributed by atoms with Crippen molar-refractivity contribution < 1.29 is 30.3 Å². The van der Waals surface area contributed by atoms with Gasteiger partial charge in [0.15, 0.2) is 0 Å². The molecular formula is C36H71NO6. The third-order valence-electron chi connectivity index (χ3n) is 8.57. The van der Waals surface area contributed by atoms with Crippen molar-refractivity contribution in [3.8, 4) is 0 Å². The van der Waals surface area contributed by atoms with Crippen LogP contribution in [-0.4, -0.2) is 68.5 Å². The molecule has 0 fully saturated rings. The molecule has 0 aromatic rings. The predicted octanol–water partition coefficient (Wildman–Crippen LogP) is 7.26. The third kappa shape index (κ3) is 26.0. The molecule has 0 bridgehead atoms. The molecule has 0 rings (SSSR count). The Morgan fingerprint density at radius 2 is 1.05 bits per heavy atom. The van der Waals surface area contributed by atoms with E-state index in [2.05, 4.69) is 25.2 Å². The first-order valence-electron chi connectivity index (χ1n) is 18.1. The van der Waals surface area contributed by atoms with E-state index in [0.29, 0.717) is 32.1 Å². The van der Waals surface area contributed by atoms with Gasteiger partial charge in [-0.25, -0.2) is 0 Å². The summed E-state index contributed by atoms with van der Waals surface area (Å²) in [6.45, 7) is 4.01. The van der Waals surface area contributed by atoms with Gasteiger partial charge in [0.25, 0.3) is 0 Å². The number of aliphatic hydroxyl groups excluding tert-OH is 5. The van der Waals surface area contributed by atoms with Gasteiger partial charge in [0.2, 0.25) is 5.91 Å². The lowest BCUT2D eigenvalue weighted by Crippen LogP contribution is -2.50. The summed E-state index contributed by atoms with van der Waals surface area (Å²) < 4.78 is 0. The van der Waals surface area contributed by atoms with Crippen LogP contribution < -0.4 is 5.32 Å². The lowest BCUT2D eigenvalue weighted by Gasteiger charge is -2.26. The molecule has 0 aliphatic rings. The molecule has 0 aromatic heterocycles. The van der Waals surface area contributed by atoms with E-state index in [9.17, 15) is 30.3 Å². The highest BCUT2D eigenvalue weighted by Crippen LogP contribution is 2.16. The van der Waals surface area contributed by atoms with Crippen molar-refractivity contribution in [1.82, 2.24) is 5.32 Å². The second-order valence-corrected chi connectivity index (χ2v) is 12.7. The van der Waals surface area contributed by atoms with Gasteiger partial charge in [-0.05, 0) is 38.5 Å². The molecule has 256 valence electrons. The number of carbonyl (C=O) groups excluding carboxylic acids is 1. The lowest BCUT2D eigenvalue weighted by atomic mass is 9.99. The van der Waals surface area contributed by atoms with E-state index in [1.807, 2.05) is 6.08 Å². The van der Waals surface area contributed by atoms with E-state index >= 15 is 0 Å². The number of hydrogen-bond acceptors (Lipinski definition) is 6. The smallest absolute Gasteiger partial charge is 0.220 e. The number of unbranched alkanes of at least 4 members (excludes halogenated alkanes) is 18. The number of rotatable bonds is 32. The van der Waals surface area contributed by atoms with Crippen LogP contribution in [0, 0.1) is 0 Å². The van der Waals surface area contributed by atoms with E-state index in [1.165, 1.54) is 77.0 Å². The minimum absolute atomic E-state index is 0.225. The second-order valence-electron chi connectivity index (χ2n) is 12.7. The van der Waals surface area contributed by atoms with Crippen LogP contribution in [0.15, 0.2) is 12.2 Å². The summed E-state index contributed by atoms with van der Waals surface area (Å²) in [5, 5.41) is 53.5. The van der Waals surface area contributed by atoms with Crippen molar-refractivity contribution >= 4 is 5.91 Å². The Hall–Kier alpha value is -0.990. The maximum absolute atomic E-state index is 12.3. The van der Waals surface area contributed by atoms with Crippen molar-refractivity contribution in [3.05, 3.63) is 12.2 Å². The number of aliphatic hydroxyl groups is 5. The Kier molecular flexibility index (Phi) is 30.3. The van der Waals surface area contributed by atoms with Gasteiger partial charge in [0.05, 0.1) is 31.0 Å². The van der Waals surface area contributed by atoms with Crippen molar-refractivity contribution in [2.75, 3.05) is 6.61 Å². The van der Waals surface area contributed by atoms with Gasteiger partial charge in [-0.15, -0.1) is 0 Å². The number of amides is 1. The fourth-order valence-electron chi connectivity index (χ4n) is 5.54. The Balaban J connectivity index is 3.85. The van der Waals surface area contributed by atoms with Crippen LogP contribution in [0.3, 0.4) is 0 Å². The zero-order valence-corrected chi connectivity index (χ0v) is 28.1. The van der Waals surface area contributed by atoms with Crippen molar-refractivity contribution in [1.29, 1.82) is 0 Å². The summed E-state index contributed by atoms with van der Waals surface area (Å²) >= 11 is 0. The van der Waals surface area contributed by atoms with Gasteiger partial charge in [0.1, 0.15) is 6.10 Å². The first-order valence-corrected chi connectivity index (χ1v) is 18.1. The minimum Gasteiger partial charge on any atom is -0.394 e. The molecule has 0 heterocycles. The number of allylic oxidation sites excluding steroid dienone is 1. The van der Waals surface area contributed by atoms with Crippen LogP contribution in [0.1, 0.15) is 174 Å². The number of nitrogens with one attached hydrogen (secondary N) is 1. The molecule has 0 saturated carbocycles. The first kappa shape index (κ1) is 42.0. The highest BCUT2D eigenvalue weighted by atomic mass is 16.3. The van der Waals surface area contributed by atoms with Gasteiger partial charge < -0.3 is 30.8 Å². The van der Waals surface area contributed by atoms with Crippen molar-refractivity contribution in [2.45, 2.75) is 205 Å². The van der Waals surface area contributed by atoms with Crippen molar-refractivity contribution in [3.63, 3.8) is 0 Å². The molecule has 0 radical (unpaired) electrons. The average molecular weight is 614 g/mol. The Morgan fingerprint density at radius 3 is 1.58 bits per heavy atom. The molecule has 0 aliphatic carbocycles. The molecule has 0 aliphatic heterocycles. The quantitative estimate of drug-likeness (QED) is 0.0350. The summed E-state index contributed by atoms with van der Waals surface area (Å²) in [5.41, 5.74) is 0. The minimum atomic E-state index is -1.18. The standard InChI is InChI=1S/C36H71NO6/c1-3-5-7-9-11-12-13-14-15-16-19-24-28-34(41)36(43)31(30-38)37-35(42)29-25-21-17-20-23-27-33(40)32(39)26-22-18-10-8-6-4-2/h18,22,31-34,36,38-41,43H,3-17,19-21,23-30H2,1-2H3,(H,37,42)/b22-18-/t31-,32-,33-,34+,36+/m0/s1. The Morgan fingerprint density at radius 1 is 0.581 bits per heavy atom. The number of carbonyl (C=O) groups is 1. The molecule has 7 heteroatoms. The van der Waals surface area contributed by atoms with E-state index in [4.69, 9.17) is 0 Å². The van der Waals surface area contributed by atoms with Crippen LogP contribution in [0.5, 0.6) is 0 Å². The normalized spacial score (nSPS) is 15.4. The Bertz CT molecular complexity index is 631. The predicted molar refractivity (Wildman–Crippen MR) is 179 cm³/mol. The van der Waals surface area contributed by atoms with Gasteiger partial charge in [0, 0.05) is 6.42 Å². The van der Waals surface area contributed by atoms with Crippen LogP contribution in [-0.2, 0) is 4.79 Å². The highest BCUT2D eigenvalue weighted by molar-refractivity contribution is 5.76. The largest absolute Gasteiger partial charge is 0.394 e. The van der Waals surface area contributed by atoms with Gasteiger partial charge in [-0.1, -0.05) is 142 Å². The SMILES string of the molecule is CCCCC/C=C\C[C@H](O)[C@@H](O)CCCCCCCC(=O)N[C@@H](CO)[C@@H](O)[C@H](O)CCCCCCCCCCCCCC. The summed E-state index contributed by atoms with van der Waals surface area (Å²) in [4.78, 5) is 12.3. The molecule has 0 saturated heterocycles. The second kappa shape index (κ2) is 31.0. The van der Waals surface area contributed by atoms with Gasteiger partial charge in [-0.2, -0.15) is 0 Å². The first-order chi connectivity index (χ1) is 20.9. The fourth-order valence-corrected chi connectivity index (χ4v) is 5.54. The summed E-state index contributed by atoms with van der Waals surface area (Å²) in [6.07, 6.45) is 26.0. The molecule has 6 N–H and O–H groups in total. The molecule has 5 atom stereocenters. The zero-order chi connectivity index (χ0) is 32.0. The van der Waals surface area contributed by atoms with Crippen LogP contribution in [0.4, 0.5) is 0 Å². The molecule has 43 heavy (non-hydrogen) atoms. The van der Waals surface area contributed by atoms with Crippen LogP contribution in [0.2, 0.25) is 0 Å². The van der Waals surface area contributed by atoms with E-state index in [1.54, 1.807) is 0 Å². The summed E-state index contributed by atoms with van der Waals surface area (Å²) in [7, 11) is 0. The molecule has 1 amide bonds. The molecule has 7 nitrogen and oxygen atoms in total. The maximum atomic E-state index is 12.3. The van der Waals surface area contributed by atoms with Crippen LogP contribution in [0.25, 0.3) is 0 Å². The zero-order valence-electron chi connectivity index (χ0n) is 28.1.